The normalized spacial score (nSPS) is 20.3. The lowest BCUT2D eigenvalue weighted by Gasteiger charge is -2.33. The van der Waals surface area contributed by atoms with Crippen LogP contribution in [0.2, 0.25) is 5.02 Å². The van der Waals surface area contributed by atoms with Gasteiger partial charge in [-0.05, 0) is 85.9 Å². The van der Waals surface area contributed by atoms with Crippen LogP contribution in [0.15, 0.2) is 60.8 Å². The molecule has 4 heteroatoms. The standard InChI is InChI=1S/C25H27ClN2O/c1-2-21(25(29)28-20-13-11-19(26)12-14-20)17-7-9-18(10-8-17)22-15-16-27-24-6-4-3-5-23(22)24/h3-6,11-18,21H,2,7-10H2,1H3,(H,28,29)/t17?,18?,21-/m0/s1. The molecule has 2 aromatic carbocycles. The molecule has 0 spiro atoms. The fraction of sp³-hybridized carbons (Fsp3) is 0.360. The number of para-hydroxylation sites is 1. The van der Waals surface area contributed by atoms with Gasteiger partial charge in [0.05, 0.1) is 5.52 Å². The van der Waals surface area contributed by atoms with Crippen LogP contribution in [0.25, 0.3) is 10.9 Å². The highest BCUT2D eigenvalue weighted by Gasteiger charge is 2.32. The van der Waals surface area contributed by atoms with Crippen LogP contribution in [0, 0.1) is 11.8 Å². The fourth-order valence-electron chi connectivity index (χ4n) is 4.81. The first kappa shape index (κ1) is 19.9. The summed E-state index contributed by atoms with van der Waals surface area (Å²) in [7, 11) is 0. The van der Waals surface area contributed by atoms with Crippen molar-refractivity contribution in [1.82, 2.24) is 4.98 Å². The van der Waals surface area contributed by atoms with E-state index in [-0.39, 0.29) is 11.8 Å². The van der Waals surface area contributed by atoms with Crippen molar-refractivity contribution in [2.75, 3.05) is 5.32 Å². The van der Waals surface area contributed by atoms with Crippen molar-refractivity contribution >= 4 is 34.1 Å². The summed E-state index contributed by atoms with van der Waals surface area (Å²) < 4.78 is 0. The van der Waals surface area contributed by atoms with Crippen LogP contribution in [-0.2, 0) is 4.79 Å². The maximum atomic E-state index is 12.9. The minimum Gasteiger partial charge on any atom is -0.326 e. The lowest BCUT2D eigenvalue weighted by atomic mass is 9.72. The Bertz CT molecular complexity index is 972. The number of aromatic nitrogens is 1. The van der Waals surface area contributed by atoms with Gasteiger partial charge >= 0.3 is 0 Å². The van der Waals surface area contributed by atoms with Gasteiger partial charge in [0.1, 0.15) is 0 Å². The average molecular weight is 407 g/mol. The van der Waals surface area contributed by atoms with E-state index in [1.165, 1.54) is 10.9 Å². The van der Waals surface area contributed by atoms with Crippen LogP contribution in [0.5, 0.6) is 0 Å². The zero-order chi connectivity index (χ0) is 20.2. The number of carbonyl (C=O) groups excluding carboxylic acids is 1. The Balaban J connectivity index is 1.42. The highest BCUT2D eigenvalue weighted by Crippen LogP contribution is 2.41. The van der Waals surface area contributed by atoms with E-state index in [0.717, 1.165) is 43.3 Å². The Hall–Kier alpha value is -2.39. The monoisotopic (exact) mass is 406 g/mol. The molecular formula is C25H27ClN2O. The van der Waals surface area contributed by atoms with Crippen LogP contribution in [0.4, 0.5) is 5.69 Å². The molecule has 1 N–H and O–H groups in total. The summed E-state index contributed by atoms with van der Waals surface area (Å²) in [6.45, 7) is 2.12. The van der Waals surface area contributed by atoms with E-state index >= 15 is 0 Å². The first-order valence-electron chi connectivity index (χ1n) is 10.6. The Labute approximate surface area is 177 Å². The second-order valence-corrected chi connectivity index (χ2v) is 8.48. The summed E-state index contributed by atoms with van der Waals surface area (Å²) in [5, 5.41) is 5.03. The lowest BCUT2D eigenvalue weighted by Crippen LogP contribution is -2.31. The maximum Gasteiger partial charge on any atom is 0.227 e. The summed E-state index contributed by atoms with van der Waals surface area (Å²) in [6, 6.07) is 17.9. The number of benzene rings is 2. The summed E-state index contributed by atoms with van der Waals surface area (Å²) in [5.41, 5.74) is 3.29. The van der Waals surface area contributed by atoms with Gasteiger partial charge < -0.3 is 5.32 Å². The molecule has 1 aliphatic rings. The van der Waals surface area contributed by atoms with Gasteiger partial charge in [-0.1, -0.05) is 36.7 Å². The van der Waals surface area contributed by atoms with Crippen molar-refractivity contribution in [2.24, 2.45) is 11.8 Å². The van der Waals surface area contributed by atoms with E-state index in [0.29, 0.717) is 16.9 Å². The van der Waals surface area contributed by atoms with Gasteiger partial charge in [-0.2, -0.15) is 0 Å². The topological polar surface area (TPSA) is 42.0 Å². The molecule has 1 aliphatic carbocycles. The number of fused-ring (bicyclic) bond motifs is 1. The van der Waals surface area contributed by atoms with E-state index in [1.54, 1.807) is 0 Å². The van der Waals surface area contributed by atoms with Crippen LogP contribution in [-0.4, -0.2) is 10.9 Å². The molecule has 4 rings (SSSR count). The quantitative estimate of drug-likeness (QED) is 0.504. The molecule has 3 nitrogen and oxygen atoms in total. The number of amides is 1. The minimum absolute atomic E-state index is 0.0563. The van der Waals surface area contributed by atoms with E-state index in [2.05, 4.69) is 41.5 Å². The number of pyridine rings is 1. The van der Waals surface area contributed by atoms with Gasteiger partial charge in [-0.3, -0.25) is 9.78 Å². The van der Waals surface area contributed by atoms with Crippen molar-refractivity contribution in [3.63, 3.8) is 0 Å². The highest BCUT2D eigenvalue weighted by atomic mass is 35.5. The van der Waals surface area contributed by atoms with E-state index in [1.807, 2.05) is 36.5 Å². The smallest absolute Gasteiger partial charge is 0.227 e. The van der Waals surface area contributed by atoms with Gasteiger partial charge in [0, 0.05) is 28.2 Å². The Morgan fingerprint density at radius 2 is 1.79 bits per heavy atom. The zero-order valence-electron chi connectivity index (χ0n) is 16.8. The molecule has 150 valence electrons. The first-order valence-corrected chi connectivity index (χ1v) is 10.9. The number of anilines is 1. The molecular weight excluding hydrogens is 380 g/mol. The van der Waals surface area contributed by atoms with Crippen LogP contribution in [0.3, 0.4) is 0 Å². The number of carbonyl (C=O) groups is 1. The molecule has 0 radical (unpaired) electrons. The second-order valence-electron chi connectivity index (χ2n) is 8.04. The molecule has 0 saturated heterocycles. The van der Waals surface area contributed by atoms with Crippen molar-refractivity contribution in [3.8, 4) is 0 Å². The molecule has 0 unspecified atom stereocenters. The largest absolute Gasteiger partial charge is 0.326 e. The van der Waals surface area contributed by atoms with Gasteiger partial charge in [-0.15, -0.1) is 0 Å². The van der Waals surface area contributed by atoms with Crippen LogP contribution < -0.4 is 5.32 Å². The first-order chi connectivity index (χ1) is 14.2. The Morgan fingerprint density at radius 3 is 2.52 bits per heavy atom. The molecule has 3 aromatic rings. The SMILES string of the molecule is CC[C@H](C(=O)Nc1ccc(Cl)cc1)C1CCC(c2ccnc3ccccc23)CC1. The van der Waals surface area contributed by atoms with Gasteiger partial charge in [0.2, 0.25) is 5.91 Å². The molecule has 29 heavy (non-hydrogen) atoms. The third-order valence-corrected chi connectivity index (χ3v) is 6.60. The molecule has 1 fully saturated rings. The van der Waals surface area contributed by atoms with Gasteiger partial charge in [0.25, 0.3) is 0 Å². The van der Waals surface area contributed by atoms with Crippen molar-refractivity contribution in [1.29, 1.82) is 0 Å². The van der Waals surface area contributed by atoms with Crippen molar-refractivity contribution in [3.05, 3.63) is 71.4 Å². The van der Waals surface area contributed by atoms with E-state index < -0.39 is 0 Å². The van der Waals surface area contributed by atoms with Gasteiger partial charge in [0.15, 0.2) is 0 Å². The number of hydrogen-bond donors (Lipinski definition) is 1. The highest BCUT2D eigenvalue weighted by molar-refractivity contribution is 6.30. The predicted molar refractivity (Wildman–Crippen MR) is 120 cm³/mol. The average Bonchev–Trinajstić information content (AvgIpc) is 2.76. The molecule has 0 bridgehead atoms. The molecule has 1 atom stereocenters. The Kier molecular flexibility index (Phi) is 6.15. The zero-order valence-corrected chi connectivity index (χ0v) is 17.5. The van der Waals surface area contributed by atoms with Crippen LogP contribution >= 0.6 is 11.6 Å². The van der Waals surface area contributed by atoms with E-state index in [9.17, 15) is 4.79 Å². The number of hydrogen-bond acceptors (Lipinski definition) is 2. The van der Waals surface area contributed by atoms with Crippen molar-refractivity contribution < 1.29 is 4.79 Å². The molecule has 1 aromatic heterocycles. The second kappa shape index (κ2) is 8.96. The lowest BCUT2D eigenvalue weighted by molar-refractivity contribution is -0.122. The summed E-state index contributed by atoms with van der Waals surface area (Å²) in [5.74, 6) is 1.18. The Morgan fingerprint density at radius 1 is 1.07 bits per heavy atom. The molecule has 1 heterocycles. The third-order valence-electron chi connectivity index (χ3n) is 6.35. The molecule has 0 aliphatic heterocycles. The number of rotatable bonds is 5. The fourth-order valence-corrected chi connectivity index (χ4v) is 4.93. The summed E-state index contributed by atoms with van der Waals surface area (Å²) in [6.07, 6.45) is 7.24. The number of halogens is 1. The third kappa shape index (κ3) is 4.45. The summed E-state index contributed by atoms with van der Waals surface area (Å²) >= 11 is 5.94. The molecule has 1 amide bonds. The van der Waals surface area contributed by atoms with E-state index in [4.69, 9.17) is 11.6 Å². The number of nitrogens with zero attached hydrogens (tertiary/aromatic N) is 1. The molecule has 1 saturated carbocycles. The van der Waals surface area contributed by atoms with Crippen LogP contribution in [0.1, 0.15) is 50.5 Å². The maximum absolute atomic E-state index is 12.9. The number of nitrogens with one attached hydrogen (secondary N) is 1. The summed E-state index contributed by atoms with van der Waals surface area (Å²) in [4.78, 5) is 17.4. The van der Waals surface area contributed by atoms with Crippen molar-refractivity contribution in [2.45, 2.75) is 44.9 Å². The predicted octanol–water partition coefficient (Wildman–Crippen LogP) is 6.83. The minimum atomic E-state index is 0.0563. The van der Waals surface area contributed by atoms with Gasteiger partial charge in [-0.25, -0.2) is 0 Å².